The molecule has 0 aliphatic heterocycles. The molecule has 0 radical (unpaired) electrons. The zero-order chi connectivity index (χ0) is 15.3. The molecule has 20 heavy (non-hydrogen) atoms. The van der Waals surface area contributed by atoms with Gasteiger partial charge in [0.15, 0.2) is 6.10 Å². The van der Waals surface area contributed by atoms with Gasteiger partial charge in [-0.25, -0.2) is 4.79 Å². The fourth-order valence-corrected chi connectivity index (χ4v) is 2.09. The summed E-state index contributed by atoms with van der Waals surface area (Å²) < 4.78 is 5.66. The van der Waals surface area contributed by atoms with E-state index in [0.717, 1.165) is 10.0 Å². The van der Waals surface area contributed by atoms with Crippen molar-refractivity contribution in [1.29, 1.82) is 0 Å². The molecule has 6 heteroatoms. The summed E-state index contributed by atoms with van der Waals surface area (Å²) >= 11 is 3.37. The van der Waals surface area contributed by atoms with E-state index in [0.29, 0.717) is 0 Å². The van der Waals surface area contributed by atoms with Crippen molar-refractivity contribution in [2.75, 3.05) is 13.7 Å². The molecule has 0 aromatic heterocycles. The molecule has 5 nitrogen and oxygen atoms in total. The van der Waals surface area contributed by atoms with Gasteiger partial charge in [0.1, 0.15) is 0 Å². The van der Waals surface area contributed by atoms with Crippen LogP contribution in [0.15, 0.2) is 28.7 Å². The number of carbonyl (C=O) groups is 2. The highest BCUT2D eigenvalue weighted by Crippen LogP contribution is 2.25. The Bertz CT molecular complexity index is 502. The Morgan fingerprint density at radius 1 is 1.45 bits per heavy atom. The zero-order valence-corrected chi connectivity index (χ0v) is 13.2. The molecule has 1 amide bonds. The van der Waals surface area contributed by atoms with Crippen LogP contribution in [0.3, 0.4) is 0 Å². The molecule has 0 bridgehead atoms. The lowest BCUT2D eigenvalue weighted by Crippen LogP contribution is -2.45. The predicted molar refractivity (Wildman–Crippen MR) is 78.6 cm³/mol. The Balaban J connectivity index is 2.77. The van der Waals surface area contributed by atoms with Gasteiger partial charge < -0.3 is 15.2 Å². The van der Waals surface area contributed by atoms with Crippen molar-refractivity contribution in [3.05, 3.63) is 34.3 Å². The largest absolute Gasteiger partial charge is 0.479 e. The van der Waals surface area contributed by atoms with E-state index in [1.165, 1.54) is 7.11 Å². The molecule has 0 saturated heterocycles. The Hall–Kier alpha value is -1.40. The second-order valence-corrected chi connectivity index (χ2v) is 5.82. The van der Waals surface area contributed by atoms with Gasteiger partial charge in [-0.3, -0.25) is 4.79 Å². The number of nitrogens with one attached hydrogen (secondary N) is 1. The predicted octanol–water partition coefficient (Wildman–Crippen LogP) is 1.94. The molecule has 0 aliphatic rings. The van der Waals surface area contributed by atoms with Crippen LogP contribution < -0.4 is 5.32 Å². The summed E-state index contributed by atoms with van der Waals surface area (Å²) in [6, 6.07) is 7.45. The third kappa shape index (κ3) is 4.05. The Morgan fingerprint density at radius 2 is 2.10 bits per heavy atom. The van der Waals surface area contributed by atoms with Gasteiger partial charge in [-0.05, 0) is 31.5 Å². The average molecular weight is 344 g/mol. The molecule has 0 saturated carbocycles. The first kappa shape index (κ1) is 16.7. The van der Waals surface area contributed by atoms with Gasteiger partial charge in [0, 0.05) is 11.6 Å². The van der Waals surface area contributed by atoms with E-state index in [-0.39, 0.29) is 12.5 Å². The highest BCUT2D eigenvalue weighted by atomic mass is 79.9. The van der Waals surface area contributed by atoms with Gasteiger partial charge in [-0.2, -0.15) is 0 Å². The van der Waals surface area contributed by atoms with Crippen LogP contribution in [0.4, 0.5) is 0 Å². The third-order valence-corrected chi connectivity index (χ3v) is 3.62. The number of amides is 1. The van der Waals surface area contributed by atoms with Gasteiger partial charge in [0.2, 0.25) is 5.91 Å². The van der Waals surface area contributed by atoms with Crippen molar-refractivity contribution in [1.82, 2.24) is 5.32 Å². The maximum absolute atomic E-state index is 12.2. The minimum absolute atomic E-state index is 0.0674. The van der Waals surface area contributed by atoms with Gasteiger partial charge in [-0.15, -0.1) is 0 Å². The number of hydrogen-bond acceptors (Lipinski definition) is 3. The van der Waals surface area contributed by atoms with E-state index < -0.39 is 17.5 Å². The number of carboxylic acids is 1. The number of ether oxygens (including phenoxy) is 1. The summed E-state index contributed by atoms with van der Waals surface area (Å²) in [5.41, 5.74) is 0.0780. The van der Waals surface area contributed by atoms with E-state index in [9.17, 15) is 9.59 Å². The molecule has 1 atom stereocenters. The molecule has 110 valence electrons. The number of halogens is 1. The van der Waals surface area contributed by atoms with Crippen molar-refractivity contribution in [3.63, 3.8) is 0 Å². The molecular formula is C14H18BrNO4. The van der Waals surface area contributed by atoms with Gasteiger partial charge >= 0.3 is 5.97 Å². The summed E-state index contributed by atoms with van der Waals surface area (Å²) in [6.45, 7) is 3.50. The van der Waals surface area contributed by atoms with Gasteiger partial charge in [0.25, 0.3) is 0 Å². The normalized spacial score (nSPS) is 12.8. The molecular weight excluding hydrogens is 326 g/mol. The van der Waals surface area contributed by atoms with Crippen LogP contribution in [-0.4, -0.2) is 36.7 Å². The first-order valence-electron chi connectivity index (χ1n) is 6.09. The standard InChI is InChI=1S/C14H18BrNO4/c1-14(2,9-5-4-6-10(15)7-9)13(19)16-8-11(20-3)12(17)18/h4-7,11H,8H2,1-3H3,(H,16,19)(H,17,18). The molecule has 1 aromatic rings. The van der Waals surface area contributed by atoms with Crippen molar-refractivity contribution in [2.45, 2.75) is 25.4 Å². The Morgan fingerprint density at radius 3 is 2.60 bits per heavy atom. The lowest BCUT2D eigenvalue weighted by atomic mass is 9.84. The number of aliphatic carboxylic acids is 1. The molecule has 0 aliphatic carbocycles. The highest BCUT2D eigenvalue weighted by Gasteiger charge is 2.30. The SMILES string of the molecule is COC(CNC(=O)C(C)(C)c1cccc(Br)c1)C(=O)O. The van der Waals surface area contributed by atoms with Gasteiger partial charge in [0.05, 0.1) is 12.0 Å². The van der Waals surface area contributed by atoms with Crippen LogP contribution in [0, 0.1) is 0 Å². The highest BCUT2D eigenvalue weighted by molar-refractivity contribution is 9.10. The van der Waals surface area contributed by atoms with Crippen molar-refractivity contribution < 1.29 is 19.4 Å². The van der Waals surface area contributed by atoms with Crippen molar-refractivity contribution in [2.24, 2.45) is 0 Å². The lowest BCUT2D eigenvalue weighted by molar-refractivity contribution is -0.148. The van der Waals surface area contributed by atoms with Crippen LogP contribution in [0.2, 0.25) is 0 Å². The second-order valence-electron chi connectivity index (χ2n) is 4.91. The molecule has 1 unspecified atom stereocenters. The van der Waals surface area contributed by atoms with E-state index in [1.54, 1.807) is 13.8 Å². The molecule has 2 N–H and O–H groups in total. The summed E-state index contributed by atoms with van der Waals surface area (Å²) in [4.78, 5) is 23.1. The molecule has 1 rings (SSSR count). The number of benzene rings is 1. The quantitative estimate of drug-likeness (QED) is 0.827. The van der Waals surface area contributed by atoms with Crippen LogP contribution in [0.5, 0.6) is 0 Å². The van der Waals surface area contributed by atoms with E-state index in [4.69, 9.17) is 9.84 Å². The summed E-state index contributed by atoms with van der Waals surface area (Å²) in [5.74, 6) is -1.35. The number of carboxylic acid groups (broad SMARTS) is 1. The fraction of sp³-hybridized carbons (Fsp3) is 0.429. The summed E-state index contributed by atoms with van der Waals surface area (Å²) in [6.07, 6.45) is -1.04. The van der Waals surface area contributed by atoms with E-state index in [2.05, 4.69) is 21.2 Å². The topological polar surface area (TPSA) is 75.6 Å². The van der Waals surface area contributed by atoms with Crippen LogP contribution in [-0.2, 0) is 19.7 Å². The molecule has 0 spiro atoms. The smallest absolute Gasteiger partial charge is 0.334 e. The minimum atomic E-state index is -1.10. The monoisotopic (exact) mass is 343 g/mol. The molecule has 1 aromatic carbocycles. The molecule has 0 fully saturated rings. The number of carbonyl (C=O) groups excluding carboxylic acids is 1. The summed E-state index contributed by atoms with van der Waals surface area (Å²) in [5, 5.41) is 11.5. The molecule has 0 heterocycles. The maximum atomic E-state index is 12.2. The maximum Gasteiger partial charge on any atom is 0.334 e. The second kappa shape index (κ2) is 6.85. The van der Waals surface area contributed by atoms with Crippen molar-refractivity contribution in [3.8, 4) is 0 Å². The van der Waals surface area contributed by atoms with Crippen LogP contribution in [0.1, 0.15) is 19.4 Å². The lowest BCUT2D eigenvalue weighted by Gasteiger charge is -2.25. The third-order valence-electron chi connectivity index (χ3n) is 3.12. The first-order valence-corrected chi connectivity index (χ1v) is 6.88. The number of hydrogen-bond donors (Lipinski definition) is 2. The number of methoxy groups -OCH3 is 1. The first-order chi connectivity index (χ1) is 9.28. The van der Waals surface area contributed by atoms with Crippen molar-refractivity contribution >= 4 is 27.8 Å². The Labute approximate surface area is 126 Å². The average Bonchev–Trinajstić information content (AvgIpc) is 2.38. The minimum Gasteiger partial charge on any atom is -0.479 e. The fourth-order valence-electron chi connectivity index (χ4n) is 1.69. The van der Waals surface area contributed by atoms with E-state index >= 15 is 0 Å². The zero-order valence-electron chi connectivity index (χ0n) is 11.6. The van der Waals surface area contributed by atoms with E-state index in [1.807, 2.05) is 24.3 Å². The van der Waals surface area contributed by atoms with Crippen LogP contribution >= 0.6 is 15.9 Å². The van der Waals surface area contributed by atoms with Crippen LogP contribution in [0.25, 0.3) is 0 Å². The Kier molecular flexibility index (Phi) is 5.71. The van der Waals surface area contributed by atoms with Gasteiger partial charge in [-0.1, -0.05) is 28.1 Å². The number of rotatable bonds is 6. The summed E-state index contributed by atoms with van der Waals surface area (Å²) in [7, 11) is 1.30.